The summed E-state index contributed by atoms with van der Waals surface area (Å²) in [5.41, 5.74) is 10.7. The number of aromatic nitrogens is 3. The van der Waals surface area contributed by atoms with E-state index >= 15 is 0 Å². The van der Waals surface area contributed by atoms with Crippen LogP contribution in [0.4, 0.5) is 0 Å². The number of fused-ring (bicyclic) bond motifs is 12. The van der Waals surface area contributed by atoms with Crippen molar-refractivity contribution in [2.75, 3.05) is 0 Å². The lowest BCUT2D eigenvalue weighted by atomic mass is 10.0. The summed E-state index contributed by atoms with van der Waals surface area (Å²) < 4.78 is 7.40. The first-order valence-electron chi connectivity index (χ1n) is 16.9. The first-order valence-corrected chi connectivity index (χ1v) is 16.9. The zero-order valence-electron chi connectivity index (χ0n) is 26.6. The van der Waals surface area contributed by atoms with E-state index in [1.807, 2.05) is 0 Å². The van der Waals surface area contributed by atoms with Crippen LogP contribution in [-0.4, -0.2) is 13.7 Å². The van der Waals surface area contributed by atoms with Gasteiger partial charge in [0.15, 0.2) is 0 Å². The molecule has 0 radical (unpaired) electrons. The third-order valence-corrected chi connectivity index (χ3v) is 10.4. The number of hydrogen-bond acceptors (Lipinski definition) is 0. The van der Waals surface area contributed by atoms with E-state index in [0.29, 0.717) is 0 Å². The van der Waals surface area contributed by atoms with Crippen molar-refractivity contribution in [3.63, 3.8) is 0 Å². The summed E-state index contributed by atoms with van der Waals surface area (Å²) >= 11 is 0. The van der Waals surface area contributed by atoms with Crippen molar-refractivity contribution in [3.8, 4) is 17.1 Å². The predicted molar refractivity (Wildman–Crippen MR) is 207 cm³/mol. The van der Waals surface area contributed by atoms with Crippen molar-refractivity contribution in [3.05, 3.63) is 176 Å². The van der Waals surface area contributed by atoms with E-state index in [1.54, 1.807) is 0 Å². The number of nitrogens with zero attached hydrogens (tertiary/aromatic N) is 3. The summed E-state index contributed by atoms with van der Waals surface area (Å²) in [4.78, 5) is 0. The molecule has 8 aromatic carbocycles. The van der Waals surface area contributed by atoms with E-state index in [-0.39, 0.29) is 0 Å². The van der Waals surface area contributed by atoms with Gasteiger partial charge in [-0.15, -0.1) is 0 Å². The van der Waals surface area contributed by atoms with Gasteiger partial charge in [-0.2, -0.15) is 0 Å². The molecule has 49 heavy (non-hydrogen) atoms. The summed E-state index contributed by atoms with van der Waals surface area (Å²) in [6.45, 7) is 0. The predicted octanol–water partition coefficient (Wildman–Crippen LogP) is 12.1. The minimum Gasteiger partial charge on any atom is -0.309 e. The van der Waals surface area contributed by atoms with Gasteiger partial charge in [0.2, 0.25) is 0 Å². The zero-order valence-corrected chi connectivity index (χ0v) is 26.6. The molecular weight excluding hydrogens is 595 g/mol. The maximum absolute atomic E-state index is 2.50. The molecule has 228 valence electrons. The first kappa shape index (κ1) is 26.5. The quantitative estimate of drug-likeness (QED) is 0.186. The van der Waals surface area contributed by atoms with Gasteiger partial charge >= 0.3 is 0 Å². The molecule has 0 aliphatic rings. The molecular formula is C46H29N3. The number of hydrogen-bond donors (Lipinski definition) is 0. The van der Waals surface area contributed by atoms with Crippen LogP contribution in [0.15, 0.2) is 176 Å². The number of benzene rings is 8. The van der Waals surface area contributed by atoms with Gasteiger partial charge in [0.1, 0.15) is 0 Å². The Morgan fingerprint density at radius 1 is 0.245 bits per heavy atom. The molecule has 0 aliphatic heterocycles. The van der Waals surface area contributed by atoms with Crippen LogP contribution in [0.5, 0.6) is 0 Å². The van der Waals surface area contributed by atoms with Crippen molar-refractivity contribution in [2.45, 2.75) is 0 Å². The highest BCUT2D eigenvalue weighted by Crippen LogP contribution is 2.43. The van der Waals surface area contributed by atoms with Crippen molar-refractivity contribution in [1.29, 1.82) is 0 Å². The largest absolute Gasteiger partial charge is 0.309 e. The van der Waals surface area contributed by atoms with Crippen molar-refractivity contribution in [1.82, 2.24) is 13.7 Å². The molecule has 0 saturated heterocycles. The molecule has 0 bridgehead atoms. The van der Waals surface area contributed by atoms with Gasteiger partial charge < -0.3 is 13.7 Å². The average Bonchev–Trinajstić information content (AvgIpc) is 3.81. The average molecular weight is 624 g/mol. The number of rotatable bonds is 3. The molecule has 0 N–H and O–H groups in total. The Morgan fingerprint density at radius 3 is 1.39 bits per heavy atom. The minimum absolute atomic E-state index is 1.13. The Labute approximate surface area is 282 Å². The zero-order chi connectivity index (χ0) is 32.1. The lowest BCUT2D eigenvalue weighted by molar-refractivity contribution is 1.13. The van der Waals surface area contributed by atoms with Crippen LogP contribution in [0.3, 0.4) is 0 Å². The summed E-state index contributed by atoms with van der Waals surface area (Å²) in [5, 5.41) is 10.0. The highest BCUT2D eigenvalue weighted by atomic mass is 15.1. The van der Waals surface area contributed by atoms with E-state index in [9.17, 15) is 0 Å². The van der Waals surface area contributed by atoms with Crippen LogP contribution in [0.1, 0.15) is 0 Å². The van der Waals surface area contributed by atoms with Crippen LogP contribution in [0.2, 0.25) is 0 Å². The van der Waals surface area contributed by atoms with E-state index in [4.69, 9.17) is 0 Å². The van der Waals surface area contributed by atoms with Gasteiger partial charge in [-0.1, -0.05) is 127 Å². The van der Waals surface area contributed by atoms with Gasteiger partial charge in [-0.05, 0) is 53.9 Å². The molecule has 3 heteroatoms. The fourth-order valence-corrected chi connectivity index (χ4v) is 8.38. The molecule has 11 aromatic rings. The molecule has 3 heterocycles. The highest BCUT2D eigenvalue weighted by molar-refractivity contribution is 6.27. The van der Waals surface area contributed by atoms with Gasteiger partial charge in [-0.3, -0.25) is 0 Å². The second-order valence-corrected chi connectivity index (χ2v) is 13.0. The monoisotopic (exact) mass is 623 g/mol. The molecule has 0 aliphatic carbocycles. The second kappa shape index (κ2) is 9.96. The minimum atomic E-state index is 1.13. The van der Waals surface area contributed by atoms with E-state index in [2.05, 4.69) is 190 Å². The molecule has 0 saturated carbocycles. The fraction of sp³-hybridized carbons (Fsp3) is 0. The smallest absolute Gasteiger partial charge is 0.0789 e. The van der Waals surface area contributed by atoms with Crippen LogP contribution in [0.25, 0.3) is 93.3 Å². The Kier molecular flexibility index (Phi) is 5.38. The van der Waals surface area contributed by atoms with Crippen molar-refractivity contribution >= 4 is 76.2 Å². The third-order valence-electron chi connectivity index (χ3n) is 10.4. The highest BCUT2D eigenvalue weighted by Gasteiger charge is 2.22. The fourth-order valence-electron chi connectivity index (χ4n) is 8.38. The molecule has 0 unspecified atom stereocenters. The van der Waals surface area contributed by atoms with Crippen LogP contribution in [0, 0.1) is 0 Å². The molecule has 0 spiro atoms. The molecule has 0 fully saturated rings. The Hall–Kier alpha value is -6.58. The van der Waals surface area contributed by atoms with E-state index in [1.165, 1.54) is 76.2 Å². The van der Waals surface area contributed by atoms with Crippen molar-refractivity contribution < 1.29 is 0 Å². The Balaban J connectivity index is 1.31. The lowest BCUT2D eigenvalue weighted by Gasteiger charge is -2.15. The SMILES string of the molecule is c1ccc(-n2c3c4ccccc4ccc3c3ccc4c5ccccc5n(-c5cccc(-n6c7ccccc7c7ccccc76)c5)c4c32)cc1. The summed E-state index contributed by atoms with van der Waals surface area (Å²) in [7, 11) is 0. The van der Waals surface area contributed by atoms with E-state index in [0.717, 1.165) is 17.1 Å². The Bertz CT molecular complexity index is 3050. The van der Waals surface area contributed by atoms with E-state index < -0.39 is 0 Å². The molecule has 3 nitrogen and oxygen atoms in total. The topological polar surface area (TPSA) is 14.8 Å². The Morgan fingerprint density at radius 2 is 0.694 bits per heavy atom. The maximum Gasteiger partial charge on any atom is 0.0789 e. The number of para-hydroxylation sites is 4. The van der Waals surface area contributed by atoms with Crippen LogP contribution >= 0.6 is 0 Å². The summed E-state index contributed by atoms with van der Waals surface area (Å²) in [5.74, 6) is 0. The first-order chi connectivity index (χ1) is 24.3. The van der Waals surface area contributed by atoms with Crippen molar-refractivity contribution in [2.24, 2.45) is 0 Å². The lowest BCUT2D eigenvalue weighted by Crippen LogP contribution is -2.00. The summed E-state index contributed by atoms with van der Waals surface area (Å²) in [6.07, 6.45) is 0. The maximum atomic E-state index is 2.50. The van der Waals surface area contributed by atoms with Crippen LogP contribution < -0.4 is 0 Å². The molecule has 11 rings (SSSR count). The molecule has 0 amide bonds. The normalized spacial score (nSPS) is 12.1. The standard InChI is InChI=1S/C46H29N3/c1-2-14-31(15-3-1)49-44-34-18-5-4-13-30(34)25-26-39(44)40-28-27-38-37-21-8-11-24-43(37)48(45(38)46(40)49)33-17-12-16-32(29-33)47-41-22-9-6-19-35(41)36-20-7-10-23-42(36)47/h1-29H. The third kappa shape index (κ3) is 3.62. The van der Waals surface area contributed by atoms with Gasteiger partial charge in [-0.25, -0.2) is 0 Å². The van der Waals surface area contributed by atoms with Crippen LogP contribution in [-0.2, 0) is 0 Å². The van der Waals surface area contributed by atoms with Gasteiger partial charge in [0, 0.05) is 54.8 Å². The van der Waals surface area contributed by atoms with Gasteiger partial charge in [0.05, 0.1) is 33.1 Å². The molecule has 3 aromatic heterocycles. The molecule has 0 atom stereocenters. The second-order valence-electron chi connectivity index (χ2n) is 13.0. The van der Waals surface area contributed by atoms with Gasteiger partial charge in [0.25, 0.3) is 0 Å². The summed E-state index contributed by atoms with van der Waals surface area (Å²) in [6, 6.07) is 64.2.